The number of phenolic OH excluding ortho intramolecular Hbond substituents is 1. The van der Waals surface area contributed by atoms with E-state index in [4.69, 9.17) is 4.74 Å². The maximum atomic E-state index is 12.4. The highest BCUT2D eigenvalue weighted by molar-refractivity contribution is 5.95. The van der Waals surface area contributed by atoms with Crippen molar-refractivity contribution in [1.82, 2.24) is 0 Å². The third-order valence-corrected chi connectivity index (χ3v) is 3.27. The summed E-state index contributed by atoms with van der Waals surface area (Å²) in [4.78, 5) is 14.1. The van der Waals surface area contributed by atoms with Crippen LogP contribution < -0.4 is 4.90 Å². The Morgan fingerprint density at radius 1 is 1.56 bits per heavy atom. The summed E-state index contributed by atoms with van der Waals surface area (Å²) in [5.41, 5.74) is 0.738. The molecule has 1 aliphatic rings. The predicted molar refractivity (Wildman–Crippen MR) is 69.7 cm³/mol. The van der Waals surface area contributed by atoms with Crippen LogP contribution in [-0.2, 0) is 9.53 Å². The van der Waals surface area contributed by atoms with Gasteiger partial charge in [-0.1, -0.05) is 6.07 Å². The Balaban J connectivity index is 2.15. The zero-order chi connectivity index (χ0) is 13.1. The van der Waals surface area contributed by atoms with Crippen LogP contribution in [0, 0.1) is 5.92 Å². The molecule has 1 aromatic rings. The Morgan fingerprint density at radius 3 is 2.89 bits per heavy atom. The van der Waals surface area contributed by atoms with Gasteiger partial charge in [-0.3, -0.25) is 4.79 Å². The molecule has 4 nitrogen and oxygen atoms in total. The van der Waals surface area contributed by atoms with Crippen LogP contribution in [0.4, 0.5) is 5.69 Å². The van der Waals surface area contributed by atoms with Gasteiger partial charge in [0, 0.05) is 18.3 Å². The second-order valence-electron chi connectivity index (χ2n) is 4.68. The van der Waals surface area contributed by atoms with Gasteiger partial charge in [0.1, 0.15) is 5.75 Å². The maximum absolute atomic E-state index is 12.4. The summed E-state index contributed by atoms with van der Waals surface area (Å²) < 4.78 is 5.44. The number of ether oxygens (including phenoxy) is 1. The zero-order valence-electron chi connectivity index (χ0n) is 10.8. The summed E-state index contributed by atoms with van der Waals surface area (Å²) in [5.74, 6) is 0.185. The fourth-order valence-electron chi connectivity index (χ4n) is 2.34. The van der Waals surface area contributed by atoms with Crippen LogP contribution in [0.5, 0.6) is 5.75 Å². The monoisotopic (exact) mass is 249 g/mol. The lowest BCUT2D eigenvalue weighted by atomic mass is 10.0. The number of anilines is 1. The van der Waals surface area contributed by atoms with E-state index < -0.39 is 0 Å². The van der Waals surface area contributed by atoms with Gasteiger partial charge in [-0.2, -0.15) is 0 Å². The van der Waals surface area contributed by atoms with Gasteiger partial charge in [0.05, 0.1) is 18.6 Å². The molecule has 18 heavy (non-hydrogen) atoms. The lowest BCUT2D eigenvalue weighted by Crippen LogP contribution is -2.36. The molecule has 1 heterocycles. The largest absolute Gasteiger partial charge is 0.508 e. The van der Waals surface area contributed by atoms with Crippen molar-refractivity contribution >= 4 is 11.6 Å². The van der Waals surface area contributed by atoms with Gasteiger partial charge < -0.3 is 14.7 Å². The average Bonchev–Trinajstić information content (AvgIpc) is 2.77. The Morgan fingerprint density at radius 2 is 2.33 bits per heavy atom. The summed E-state index contributed by atoms with van der Waals surface area (Å²) in [6.07, 6.45) is 0.926. The van der Waals surface area contributed by atoms with Crippen LogP contribution in [0.3, 0.4) is 0 Å². The van der Waals surface area contributed by atoms with Crippen LogP contribution in [-0.4, -0.2) is 30.3 Å². The molecule has 0 aromatic heterocycles. The molecule has 1 fully saturated rings. The van der Waals surface area contributed by atoms with E-state index in [1.54, 1.807) is 23.1 Å². The summed E-state index contributed by atoms with van der Waals surface area (Å²) in [6.45, 7) is 5.00. The fraction of sp³-hybridized carbons (Fsp3) is 0.500. The first-order valence-electron chi connectivity index (χ1n) is 6.33. The molecule has 1 N–H and O–H groups in total. The number of phenols is 1. The van der Waals surface area contributed by atoms with Crippen molar-refractivity contribution in [2.24, 2.45) is 5.92 Å². The molecule has 1 amide bonds. The number of hydrogen-bond acceptors (Lipinski definition) is 3. The normalized spacial score (nSPS) is 23.0. The van der Waals surface area contributed by atoms with E-state index in [0.717, 1.165) is 12.1 Å². The summed E-state index contributed by atoms with van der Waals surface area (Å²) in [7, 11) is 0. The van der Waals surface area contributed by atoms with Crippen molar-refractivity contribution < 1.29 is 14.6 Å². The number of benzene rings is 1. The first-order valence-corrected chi connectivity index (χ1v) is 6.33. The van der Waals surface area contributed by atoms with Gasteiger partial charge in [0.15, 0.2) is 0 Å². The molecule has 1 aliphatic heterocycles. The van der Waals surface area contributed by atoms with Gasteiger partial charge in [0.25, 0.3) is 0 Å². The number of hydrogen-bond donors (Lipinski definition) is 1. The molecule has 1 aromatic carbocycles. The molecular weight excluding hydrogens is 230 g/mol. The second-order valence-corrected chi connectivity index (χ2v) is 4.68. The number of amides is 1. The van der Waals surface area contributed by atoms with Gasteiger partial charge in [-0.25, -0.2) is 0 Å². The quantitative estimate of drug-likeness (QED) is 0.893. The Kier molecular flexibility index (Phi) is 3.87. The van der Waals surface area contributed by atoms with Crippen molar-refractivity contribution in [2.45, 2.75) is 26.4 Å². The predicted octanol–water partition coefficient (Wildman–Crippen LogP) is 2.17. The molecule has 98 valence electrons. The van der Waals surface area contributed by atoms with Crippen LogP contribution in [0.2, 0.25) is 0 Å². The summed E-state index contributed by atoms with van der Waals surface area (Å²) in [6, 6.07) is 6.79. The van der Waals surface area contributed by atoms with Crippen molar-refractivity contribution in [3.05, 3.63) is 24.3 Å². The van der Waals surface area contributed by atoms with Crippen molar-refractivity contribution in [3.63, 3.8) is 0 Å². The van der Waals surface area contributed by atoms with Crippen molar-refractivity contribution in [1.29, 1.82) is 0 Å². The molecule has 0 spiro atoms. The zero-order valence-corrected chi connectivity index (χ0v) is 10.8. The van der Waals surface area contributed by atoms with Crippen LogP contribution in [0.1, 0.15) is 20.3 Å². The minimum absolute atomic E-state index is 0.0673. The smallest absolute Gasteiger partial charge is 0.232 e. The van der Waals surface area contributed by atoms with E-state index in [1.807, 2.05) is 19.9 Å². The maximum Gasteiger partial charge on any atom is 0.232 e. The van der Waals surface area contributed by atoms with Gasteiger partial charge >= 0.3 is 0 Å². The van der Waals surface area contributed by atoms with Crippen molar-refractivity contribution in [3.8, 4) is 5.75 Å². The average molecular weight is 249 g/mol. The second kappa shape index (κ2) is 5.40. The van der Waals surface area contributed by atoms with Crippen LogP contribution in [0.25, 0.3) is 0 Å². The molecule has 2 atom stereocenters. The molecular formula is C14H19NO3. The first kappa shape index (κ1) is 12.9. The molecule has 4 heteroatoms. The molecule has 0 aliphatic carbocycles. The highest BCUT2D eigenvalue weighted by Crippen LogP contribution is 2.26. The van der Waals surface area contributed by atoms with E-state index in [0.29, 0.717) is 13.2 Å². The number of carbonyl (C=O) groups is 1. The molecule has 2 unspecified atom stereocenters. The van der Waals surface area contributed by atoms with E-state index in [9.17, 15) is 9.90 Å². The summed E-state index contributed by atoms with van der Waals surface area (Å²) >= 11 is 0. The third kappa shape index (κ3) is 2.64. The first-order chi connectivity index (χ1) is 8.61. The number of carbonyl (C=O) groups excluding carboxylic acids is 1. The number of aromatic hydroxyl groups is 1. The lowest BCUT2D eigenvalue weighted by Gasteiger charge is -2.23. The van der Waals surface area contributed by atoms with E-state index in [2.05, 4.69) is 0 Å². The minimum Gasteiger partial charge on any atom is -0.508 e. The number of rotatable bonds is 3. The highest BCUT2D eigenvalue weighted by Gasteiger charge is 2.31. The standard InChI is InChI=1S/C14H19NO3/c1-3-15(12-5-4-6-13(16)8-12)14(17)11-7-10(2)18-9-11/h4-6,8,10-11,16H,3,7,9H2,1-2H3. The topological polar surface area (TPSA) is 49.8 Å². The van der Waals surface area contributed by atoms with E-state index in [1.165, 1.54) is 0 Å². The highest BCUT2D eigenvalue weighted by atomic mass is 16.5. The molecule has 1 saturated heterocycles. The minimum atomic E-state index is -0.0673. The molecule has 2 rings (SSSR count). The summed E-state index contributed by atoms with van der Waals surface area (Å²) in [5, 5.41) is 9.48. The fourth-order valence-corrected chi connectivity index (χ4v) is 2.34. The SMILES string of the molecule is CCN(C(=O)C1COC(C)C1)c1cccc(O)c1. The van der Waals surface area contributed by atoms with Crippen molar-refractivity contribution in [2.75, 3.05) is 18.1 Å². The Bertz CT molecular complexity index is 433. The molecule has 0 saturated carbocycles. The molecule has 0 radical (unpaired) electrons. The Labute approximate surface area is 107 Å². The van der Waals surface area contributed by atoms with E-state index >= 15 is 0 Å². The molecule has 0 bridgehead atoms. The van der Waals surface area contributed by atoms with Gasteiger partial charge in [-0.15, -0.1) is 0 Å². The van der Waals surface area contributed by atoms with Crippen LogP contribution in [0.15, 0.2) is 24.3 Å². The third-order valence-electron chi connectivity index (χ3n) is 3.27. The lowest BCUT2D eigenvalue weighted by molar-refractivity contribution is -0.122. The van der Waals surface area contributed by atoms with Crippen LogP contribution >= 0.6 is 0 Å². The van der Waals surface area contributed by atoms with Gasteiger partial charge in [-0.05, 0) is 32.4 Å². The Hall–Kier alpha value is -1.55. The number of nitrogens with zero attached hydrogens (tertiary/aromatic N) is 1. The van der Waals surface area contributed by atoms with Gasteiger partial charge in [0.2, 0.25) is 5.91 Å². The van der Waals surface area contributed by atoms with E-state index in [-0.39, 0.29) is 23.7 Å².